The maximum absolute atomic E-state index is 11.6. The molecule has 102 valence electrons. The van der Waals surface area contributed by atoms with Crippen LogP contribution < -0.4 is 11.1 Å². The van der Waals surface area contributed by atoms with Crippen molar-refractivity contribution >= 4 is 5.91 Å². The van der Waals surface area contributed by atoms with Crippen LogP contribution in [0, 0.1) is 11.8 Å². The number of carbonyl (C=O) groups excluding carboxylic acids is 1. The fraction of sp³-hybridized carbons (Fsp3) is 0.929. The first-order valence-electron chi connectivity index (χ1n) is 6.95. The molecule has 0 atom stereocenters. The number of amides is 1. The summed E-state index contributed by atoms with van der Waals surface area (Å²) in [4.78, 5) is 11.6. The monoisotopic (exact) mass is 242 g/mol. The van der Waals surface area contributed by atoms with Crippen LogP contribution in [-0.2, 0) is 4.79 Å². The van der Waals surface area contributed by atoms with Gasteiger partial charge in [0, 0.05) is 19.0 Å². The Bertz CT molecular complexity index is 190. The minimum atomic E-state index is 0.102. The number of carbonyl (C=O) groups is 1. The zero-order chi connectivity index (χ0) is 13.3. The molecule has 0 spiro atoms. The lowest BCUT2D eigenvalue weighted by atomic mass is 9.96. The van der Waals surface area contributed by atoms with Crippen molar-refractivity contribution < 1.29 is 4.79 Å². The second kappa shape index (κ2) is 9.46. The fourth-order valence-electron chi connectivity index (χ4n) is 1.79. The highest BCUT2D eigenvalue weighted by Crippen LogP contribution is 2.14. The van der Waals surface area contributed by atoms with Gasteiger partial charge in [0.2, 0.25) is 5.91 Å². The maximum atomic E-state index is 11.6. The molecule has 0 heterocycles. The molecule has 0 rings (SSSR count). The van der Waals surface area contributed by atoms with Gasteiger partial charge >= 0.3 is 0 Å². The highest BCUT2D eigenvalue weighted by atomic mass is 16.1. The predicted molar refractivity (Wildman–Crippen MR) is 73.7 cm³/mol. The molecular formula is C14H30N2O. The normalized spacial score (nSPS) is 11.5. The SMILES string of the molecule is CC(C)CCC(CCC(C)C)NC(=O)CCN. The van der Waals surface area contributed by atoms with E-state index in [-0.39, 0.29) is 5.91 Å². The van der Waals surface area contributed by atoms with Gasteiger partial charge in [0.15, 0.2) is 0 Å². The average Bonchev–Trinajstić information content (AvgIpc) is 2.22. The van der Waals surface area contributed by atoms with Crippen LogP contribution in [0.5, 0.6) is 0 Å². The van der Waals surface area contributed by atoms with E-state index in [1.54, 1.807) is 0 Å². The third-order valence-corrected chi connectivity index (χ3v) is 2.92. The molecule has 0 aromatic heterocycles. The second-order valence-electron chi connectivity index (χ2n) is 5.75. The van der Waals surface area contributed by atoms with Crippen LogP contribution in [0.4, 0.5) is 0 Å². The van der Waals surface area contributed by atoms with E-state index in [0.29, 0.717) is 30.8 Å². The van der Waals surface area contributed by atoms with Gasteiger partial charge in [0.25, 0.3) is 0 Å². The van der Waals surface area contributed by atoms with Gasteiger partial charge in [0.1, 0.15) is 0 Å². The van der Waals surface area contributed by atoms with E-state index in [9.17, 15) is 4.79 Å². The lowest BCUT2D eigenvalue weighted by Crippen LogP contribution is -2.36. The Hall–Kier alpha value is -0.570. The molecule has 0 aliphatic rings. The summed E-state index contributed by atoms with van der Waals surface area (Å²) in [6.45, 7) is 9.33. The first kappa shape index (κ1) is 16.4. The van der Waals surface area contributed by atoms with Crippen LogP contribution in [0.1, 0.15) is 59.8 Å². The molecular weight excluding hydrogens is 212 g/mol. The van der Waals surface area contributed by atoms with Crippen LogP contribution in [-0.4, -0.2) is 18.5 Å². The van der Waals surface area contributed by atoms with E-state index in [2.05, 4.69) is 33.0 Å². The molecule has 0 radical (unpaired) electrons. The summed E-state index contributed by atoms with van der Waals surface area (Å²) < 4.78 is 0. The molecule has 0 saturated heterocycles. The summed E-state index contributed by atoms with van der Waals surface area (Å²) in [7, 11) is 0. The molecule has 3 N–H and O–H groups in total. The Kier molecular flexibility index (Phi) is 9.14. The van der Waals surface area contributed by atoms with Crippen molar-refractivity contribution in [3.05, 3.63) is 0 Å². The maximum Gasteiger partial charge on any atom is 0.221 e. The fourth-order valence-corrected chi connectivity index (χ4v) is 1.79. The molecule has 0 bridgehead atoms. The standard InChI is InChI=1S/C14H30N2O/c1-11(2)5-7-13(8-6-12(3)4)16-14(17)9-10-15/h11-13H,5-10,15H2,1-4H3,(H,16,17). The van der Waals surface area contributed by atoms with E-state index >= 15 is 0 Å². The molecule has 0 aliphatic heterocycles. The topological polar surface area (TPSA) is 55.1 Å². The summed E-state index contributed by atoms with van der Waals surface area (Å²) in [5, 5.41) is 3.11. The zero-order valence-electron chi connectivity index (χ0n) is 12.0. The third kappa shape index (κ3) is 10.3. The van der Waals surface area contributed by atoms with Gasteiger partial charge < -0.3 is 11.1 Å². The van der Waals surface area contributed by atoms with Crippen LogP contribution in [0.3, 0.4) is 0 Å². The second-order valence-corrected chi connectivity index (χ2v) is 5.75. The molecule has 0 aliphatic carbocycles. The molecule has 3 heteroatoms. The van der Waals surface area contributed by atoms with Crippen molar-refractivity contribution in [2.45, 2.75) is 65.8 Å². The summed E-state index contributed by atoms with van der Waals surface area (Å²) in [6, 6.07) is 0.332. The lowest BCUT2D eigenvalue weighted by molar-refractivity contribution is -0.121. The van der Waals surface area contributed by atoms with Crippen molar-refractivity contribution in [3.8, 4) is 0 Å². The van der Waals surface area contributed by atoms with E-state index < -0.39 is 0 Å². The van der Waals surface area contributed by atoms with E-state index in [1.807, 2.05) is 0 Å². The molecule has 0 aromatic carbocycles. The van der Waals surface area contributed by atoms with Crippen molar-refractivity contribution in [1.29, 1.82) is 0 Å². The molecule has 0 fully saturated rings. The van der Waals surface area contributed by atoms with E-state index in [1.165, 1.54) is 12.8 Å². The van der Waals surface area contributed by atoms with E-state index in [0.717, 1.165) is 12.8 Å². The van der Waals surface area contributed by atoms with Gasteiger partial charge in [-0.05, 0) is 37.5 Å². The highest BCUT2D eigenvalue weighted by molar-refractivity contribution is 5.76. The Morgan fingerprint density at radius 2 is 1.47 bits per heavy atom. The number of rotatable bonds is 9. The van der Waals surface area contributed by atoms with Crippen molar-refractivity contribution in [2.75, 3.05) is 6.54 Å². The van der Waals surface area contributed by atoms with Crippen molar-refractivity contribution in [1.82, 2.24) is 5.32 Å². The Balaban J connectivity index is 4.04. The average molecular weight is 242 g/mol. The number of hydrogen-bond donors (Lipinski definition) is 2. The largest absolute Gasteiger partial charge is 0.353 e. The first-order valence-corrected chi connectivity index (χ1v) is 6.95. The summed E-state index contributed by atoms with van der Waals surface area (Å²) in [5.74, 6) is 1.50. The zero-order valence-corrected chi connectivity index (χ0v) is 12.0. The van der Waals surface area contributed by atoms with Gasteiger partial charge in [-0.25, -0.2) is 0 Å². The van der Waals surface area contributed by atoms with Crippen LogP contribution in [0.25, 0.3) is 0 Å². The number of nitrogens with two attached hydrogens (primary N) is 1. The van der Waals surface area contributed by atoms with Gasteiger partial charge in [-0.3, -0.25) is 4.79 Å². The summed E-state index contributed by atoms with van der Waals surface area (Å²) >= 11 is 0. The summed E-state index contributed by atoms with van der Waals surface area (Å²) in [6.07, 6.45) is 4.96. The Morgan fingerprint density at radius 3 is 1.82 bits per heavy atom. The molecule has 3 nitrogen and oxygen atoms in total. The third-order valence-electron chi connectivity index (χ3n) is 2.92. The highest BCUT2D eigenvalue weighted by Gasteiger charge is 2.13. The van der Waals surface area contributed by atoms with Crippen LogP contribution in [0.2, 0.25) is 0 Å². The predicted octanol–water partition coefficient (Wildman–Crippen LogP) is 2.69. The van der Waals surface area contributed by atoms with Crippen molar-refractivity contribution in [3.63, 3.8) is 0 Å². The van der Waals surface area contributed by atoms with Gasteiger partial charge in [-0.2, -0.15) is 0 Å². The Morgan fingerprint density at radius 1 is 1.00 bits per heavy atom. The quantitative estimate of drug-likeness (QED) is 0.653. The van der Waals surface area contributed by atoms with E-state index in [4.69, 9.17) is 5.73 Å². The number of hydrogen-bond acceptors (Lipinski definition) is 2. The molecule has 0 aromatic rings. The lowest BCUT2D eigenvalue weighted by Gasteiger charge is -2.20. The van der Waals surface area contributed by atoms with Gasteiger partial charge in [-0.1, -0.05) is 27.7 Å². The minimum absolute atomic E-state index is 0.102. The summed E-state index contributed by atoms with van der Waals surface area (Å²) in [5.41, 5.74) is 5.39. The minimum Gasteiger partial charge on any atom is -0.353 e. The smallest absolute Gasteiger partial charge is 0.221 e. The van der Waals surface area contributed by atoms with Gasteiger partial charge in [-0.15, -0.1) is 0 Å². The molecule has 0 saturated carbocycles. The Labute approximate surface area is 107 Å². The van der Waals surface area contributed by atoms with Crippen LogP contribution in [0.15, 0.2) is 0 Å². The molecule has 17 heavy (non-hydrogen) atoms. The molecule has 0 unspecified atom stereocenters. The molecule has 1 amide bonds. The van der Waals surface area contributed by atoms with Gasteiger partial charge in [0.05, 0.1) is 0 Å². The van der Waals surface area contributed by atoms with Crippen molar-refractivity contribution in [2.24, 2.45) is 17.6 Å². The first-order chi connectivity index (χ1) is 7.95. The number of nitrogens with one attached hydrogen (secondary N) is 1. The van der Waals surface area contributed by atoms with Crippen LogP contribution >= 0.6 is 0 Å².